The van der Waals surface area contributed by atoms with Crippen LogP contribution in [0.25, 0.3) is 0 Å². The number of esters is 2. The molecule has 1 rings (SSSR count). The van der Waals surface area contributed by atoms with E-state index in [2.05, 4.69) is 27.0 Å². The Morgan fingerprint density at radius 2 is 1.29 bits per heavy atom. The summed E-state index contributed by atoms with van der Waals surface area (Å²) in [5, 5.41) is 0. The number of hydrogen-bond acceptors (Lipinski definition) is 4. The molecule has 0 unspecified atom stereocenters. The largest absolute Gasteiger partial charge is 0.462 e. The van der Waals surface area contributed by atoms with Crippen LogP contribution in [-0.4, -0.2) is 25.2 Å². The Morgan fingerprint density at radius 3 is 1.67 bits per heavy atom. The second kappa shape index (κ2) is 8.50. The standard InChI is InChI=1S/C20H32O4/c1-15(2)17(21)23-13-11-20(10-8-7-9-19(20,5)6)12-14-24-18(22)16(3)4/h1,3,7-14H2,2,4-6H3. The van der Waals surface area contributed by atoms with Crippen LogP contribution < -0.4 is 0 Å². The molecule has 136 valence electrons. The Hall–Kier alpha value is -1.58. The van der Waals surface area contributed by atoms with Gasteiger partial charge in [0.05, 0.1) is 13.2 Å². The van der Waals surface area contributed by atoms with Crippen LogP contribution in [0.3, 0.4) is 0 Å². The van der Waals surface area contributed by atoms with Gasteiger partial charge >= 0.3 is 11.9 Å². The molecule has 0 atom stereocenters. The lowest BCUT2D eigenvalue weighted by molar-refractivity contribution is -0.143. The van der Waals surface area contributed by atoms with E-state index in [0.29, 0.717) is 24.4 Å². The van der Waals surface area contributed by atoms with Gasteiger partial charge in [0.25, 0.3) is 0 Å². The van der Waals surface area contributed by atoms with Crippen molar-refractivity contribution in [3.05, 3.63) is 24.3 Å². The van der Waals surface area contributed by atoms with Gasteiger partial charge in [-0.25, -0.2) is 9.59 Å². The van der Waals surface area contributed by atoms with Crippen LogP contribution in [-0.2, 0) is 19.1 Å². The zero-order chi connectivity index (χ0) is 18.4. The van der Waals surface area contributed by atoms with Gasteiger partial charge in [0, 0.05) is 11.1 Å². The van der Waals surface area contributed by atoms with Gasteiger partial charge in [0.2, 0.25) is 0 Å². The minimum absolute atomic E-state index is 0.00988. The molecule has 1 fully saturated rings. The van der Waals surface area contributed by atoms with E-state index in [1.54, 1.807) is 13.8 Å². The third kappa shape index (κ3) is 5.22. The molecule has 0 heterocycles. The van der Waals surface area contributed by atoms with Crippen LogP contribution in [0.1, 0.15) is 66.2 Å². The fourth-order valence-corrected chi connectivity index (χ4v) is 3.61. The highest BCUT2D eigenvalue weighted by molar-refractivity contribution is 5.87. The lowest BCUT2D eigenvalue weighted by Crippen LogP contribution is -2.42. The van der Waals surface area contributed by atoms with Crippen molar-refractivity contribution in [3.63, 3.8) is 0 Å². The van der Waals surface area contributed by atoms with Crippen molar-refractivity contribution in [3.8, 4) is 0 Å². The zero-order valence-electron chi connectivity index (χ0n) is 15.7. The first-order valence-corrected chi connectivity index (χ1v) is 8.77. The minimum Gasteiger partial charge on any atom is -0.462 e. The topological polar surface area (TPSA) is 52.6 Å². The van der Waals surface area contributed by atoms with Crippen LogP contribution >= 0.6 is 0 Å². The maximum atomic E-state index is 11.6. The third-order valence-corrected chi connectivity index (χ3v) is 5.47. The first kappa shape index (κ1) is 20.5. The summed E-state index contributed by atoms with van der Waals surface area (Å²) in [5.41, 5.74) is 0.969. The average Bonchev–Trinajstić information content (AvgIpc) is 2.49. The Morgan fingerprint density at radius 1 is 0.875 bits per heavy atom. The lowest BCUT2D eigenvalue weighted by Gasteiger charge is -2.50. The second-order valence-corrected chi connectivity index (χ2v) is 7.70. The number of carbonyl (C=O) groups excluding carboxylic acids is 2. The maximum absolute atomic E-state index is 11.6. The smallest absolute Gasteiger partial charge is 0.333 e. The van der Waals surface area contributed by atoms with Crippen molar-refractivity contribution in [1.82, 2.24) is 0 Å². The van der Waals surface area contributed by atoms with Gasteiger partial charge in [0.15, 0.2) is 0 Å². The predicted molar refractivity (Wildman–Crippen MR) is 95.5 cm³/mol. The molecule has 24 heavy (non-hydrogen) atoms. The molecule has 1 aliphatic carbocycles. The minimum atomic E-state index is -0.340. The second-order valence-electron chi connectivity index (χ2n) is 7.70. The normalized spacial score (nSPS) is 18.5. The number of rotatable bonds is 8. The van der Waals surface area contributed by atoms with E-state index >= 15 is 0 Å². The fraction of sp³-hybridized carbons (Fsp3) is 0.700. The predicted octanol–water partition coefficient (Wildman–Crippen LogP) is 4.59. The number of carbonyl (C=O) groups is 2. The molecule has 0 N–H and O–H groups in total. The van der Waals surface area contributed by atoms with Gasteiger partial charge in [0.1, 0.15) is 0 Å². The van der Waals surface area contributed by atoms with E-state index in [4.69, 9.17) is 9.47 Å². The SMILES string of the molecule is C=C(C)C(=O)OCCC1(CCOC(=O)C(=C)C)CCCCC1(C)C. The molecule has 0 bridgehead atoms. The maximum Gasteiger partial charge on any atom is 0.333 e. The van der Waals surface area contributed by atoms with Gasteiger partial charge in [-0.3, -0.25) is 0 Å². The third-order valence-electron chi connectivity index (χ3n) is 5.47. The Bertz CT molecular complexity index is 470. The molecule has 0 radical (unpaired) electrons. The molecule has 1 aliphatic rings. The van der Waals surface area contributed by atoms with E-state index in [1.807, 2.05) is 0 Å². The van der Waals surface area contributed by atoms with Crippen molar-refractivity contribution >= 4 is 11.9 Å². The average molecular weight is 336 g/mol. The Labute approximate surface area is 146 Å². The summed E-state index contributed by atoms with van der Waals surface area (Å²) in [4.78, 5) is 23.3. The van der Waals surface area contributed by atoms with E-state index in [1.165, 1.54) is 6.42 Å². The highest BCUT2D eigenvalue weighted by Gasteiger charge is 2.46. The monoisotopic (exact) mass is 336 g/mol. The molecule has 0 aromatic rings. The van der Waals surface area contributed by atoms with Gasteiger partial charge in [-0.2, -0.15) is 0 Å². The molecule has 4 nitrogen and oxygen atoms in total. The molecule has 0 spiro atoms. The molecule has 0 aromatic carbocycles. The summed E-state index contributed by atoms with van der Waals surface area (Å²) < 4.78 is 10.7. The van der Waals surface area contributed by atoms with Gasteiger partial charge in [-0.15, -0.1) is 0 Å². The first-order chi connectivity index (χ1) is 11.1. The van der Waals surface area contributed by atoms with Gasteiger partial charge in [-0.1, -0.05) is 39.8 Å². The van der Waals surface area contributed by atoms with E-state index in [-0.39, 0.29) is 22.8 Å². The Kier molecular flexibility index (Phi) is 7.25. The summed E-state index contributed by atoms with van der Waals surface area (Å²) in [6.07, 6.45) is 6.14. The van der Waals surface area contributed by atoms with Crippen LogP contribution in [0.2, 0.25) is 0 Å². The highest BCUT2D eigenvalue weighted by atomic mass is 16.5. The number of ether oxygens (including phenoxy) is 2. The summed E-state index contributed by atoms with van der Waals surface area (Å²) in [6.45, 7) is 15.8. The summed E-state index contributed by atoms with van der Waals surface area (Å²) >= 11 is 0. The Balaban J connectivity index is 2.73. The van der Waals surface area contributed by atoms with Crippen molar-refractivity contribution in [2.75, 3.05) is 13.2 Å². The molecule has 0 amide bonds. The van der Waals surface area contributed by atoms with Gasteiger partial charge in [-0.05, 0) is 50.4 Å². The first-order valence-electron chi connectivity index (χ1n) is 8.77. The highest BCUT2D eigenvalue weighted by Crippen LogP contribution is 2.54. The molecule has 0 saturated heterocycles. The lowest BCUT2D eigenvalue weighted by atomic mass is 9.55. The quantitative estimate of drug-likeness (QED) is 0.480. The molecular weight excluding hydrogens is 304 g/mol. The molecule has 0 aromatic heterocycles. The number of hydrogen-bond donors (Lipinski definition) is 0. The van der Waals surface area contributed by atoms with E-state index < -0.39 is 0 Å². The van der Waals surface area contributed by atoms with Crippen LogP contribution in [0.15, 0.2) is 24.3 Å². The van der Waals surface area contributed by atoms with Crippen molar-refractivity contribution < 1.29 is 19.1 Å². The molecule has 1 saturated carbocycles. The van der Waals surface area contributed by atoms with Crippen molar-refractivity contribution in [2.45, 2.75) is 66.2 Å². The summed E-state index contributed by atoms with van der Waals surface area (Å²) in [7, 11) is 0. The summed E-state index contributed by atoms with van der Waals surface area (Å²) in [5.74, 6) is -0.681. The summed E-state index contributed by atoms with van der Waals surface area (Å²) in [6, 6.07) is 0. The molecule has 4 heteroatoms. The van der Waals surface area contributed by atoms with E-state index in [0.717, 1.165) is 32.1 Å². The van der Waals surface area contributed by atoms with Crippen molar-refractivity contribution in [1.29, 1.82) is 0 Å². The molecule has 0 aliphatic heterocycles. The van der Waals surface area contributed by atoms with E-state index in [9.17, 15) is 9.59 Å². The van der Waals surface area contributed by atoms with Crippen LogP contribution in [0.4, 0.5) is 0 Å². The fourth-order valence-electron chi connectivity index (χ4n) is 3.61. The van der Waals surface area contributed by atoms with Crippen LogP contribution in [0.5, 0.6) is 0 Å². The van der Waals surface area contributed by atoms with Crippen molar-refractivity contribution in [2.24, 2.45) is 10.8 Å². The van der Waals surface area contributed by atoms with Gasteiger partial charge < -0.3 is 9.47 Å². The zero-order valence-corrected chi connectivity index (χ0v) is 15.7. The molecular formula is C20H32O4. The van der Waals surface area contributed by atoms with Crippen LogP contribution in [0, 0.1) is 10.8 Å².